The minimum absolute atomic E-state index is 0.212. The number of fused-ring (bicyclic) bond motifs is 1. The molecule has 1 aliphatic heterocycles. The van der Waals surface area contributed by atoms with Gasteiger partial charge in [-0.15, -0.1) is 0 Å². The SMILES string of the molecule is Cc1ccc([C@@H]2C[C@@H](C(F)(F)F)n3ncc(C(=O)Nc4ccccc4C(F)(F)F)c3N2)cc1. The van der Waals surface area contributed by atoms with Crippen LogP contribution >= 0.6 is 0 Å². The number of nitrogens with one attached hydrogen (secondary N) is 2. The van der Waals surface area contributed by atoms with Crippen molar-refractivity contribution < 1.29 is 31.1 Å². The van der Waals surface area contributed by atoms with E-state index < -0.39 is 41.6 Å². The van der Waals surface area contributed by atoms with Gasteiger partial charge < -0.3 is 10.6 Å². The number of aryl methyl sites for hydroxylation is 1. The maximum atomic E-state index is 13.8. The molecule has 2 aromatic carbocycles. The van der Waals surface area contributed by atoms with Crippen LogP contribution in [0.25, 0.3) is 0 Å². The van der Waals surface area contributed by atoms with Crippen LogP contribution in [0.15, 0.2) is 54.7 Å². The Kier molecular flexibility index (Phi) is 5.59. The van der Waals surface area contributed by atoms with Crippen molar-refractivity contribution in [2.24, 2.45) is 0 Å². The normalized spacial score (nSPS) is 18.4. The number of aromatic nitrogens is 2. The van der Waals surface area contributed by atoms with Gasteiger partial charge >= 0.3 is 12.4 Å². The van der Waals surface area contributed by atoms with E-state index in [0.717, 1.165) is 23.9 Å². The molecular weight excluding hydrogens is 450 g/mol. The lowest BCUT2D eigenvalue weighted by Gasteiger charge is -2.34. The quantitative estimate of drug-likeness (QED) is 0.455. The van der Waals surface area contributed by atoms with Gasteiger partial charge in [0.15, 0.2) is 6.04 Å². The Morgan fingerprint density at radius 1 is 1.06 bits per heavy atom. The first-order valence-corrected chi connectivity index (χ1v) is 9.90. The Labute approximate surface area is 184 Å². The van der Waals surface area contributed by atoms with Gasteiger partial charge in [-0.3, -0.25) is 4.79 Å². The Morgan fingerprint density at radius 3 is 2.36 bits per heavy atom. The zero-order chi connectivity index (χ0) is 24.0. The molecule has 5 nitrogen and oxygen atoms in total. The van der Waals surface area contributed by atoms with Gasteiger partial charge in [0.2, 0.25) is 0 Å². The van der Waals surface area contributed by atoms with E-state index in [0.29, 0.717) is 10.2 Å². The van der Waals surface area contributed by atoms with Gasteiger partial charge in [-0.1, -0.05) is 42.0 Å². The van der Waals surface area contributed by atoms with Crippen molar-refractivity contribution in [3.63, 3.8) is 0 Å². The van der Waals surface area contributed by atoms with Gasteiger partial charge in [-0.05, 0) is 24.6 Å². The number of hydrogen-bond donors (Lipinski definition) is 2. The molecule has 1 aromatic heterocycles. The van der Waals surface area contributed by atoms with Gasteiger partial charge in [-0.2, -0.15) is 31.4 Å². The van der Waals surface area contributed by atoms with E-state index in [1.807, 2.05) is 6.92 Å². The van der Waals surface area contributed by atoms with E-state index in [9.17, 15) is 31.1 Å². The number of rotatable bonds is 3. The Balaban J connectivity index is 1.70. The molecule has 0 saturated heterocycles. The number of para-hydroxylation sites is 1. The van der Waals surface area contributed by atoms with Crippen LogP contribution in [0.2, 0.25) is 0 Å². The van der Waals surface area contributed by atoms with Crippen molar-refractivity contribution in [1.29, 1.82) is 0 Å². The van der Waals surface area contributed by atoms with Crippen molar-refractivity contribution in [3.8, 4) is 0 Å². The van der Waals surface area contributed by atoms with E-state index >= 15 is 0 Å². The van der Waals surface area contributed by atoms with Gasteiger partial charge in [0.25, 0.3) is 5.91 Å². The molecule has 3 aromatic rings. The lowest BCUT2D eigenvalue weighted by molar-refractivity contribution is -0.173. The first kappa shape index (κ1) is 22.7. The zero-order valence-corrected chi connectivity index (χ0v) is 17.1. The minimum atomic E-state index is -4.72. The van der Waals surface area contributed by atoms with E-state index in [1.165, 1.54) is 12.1 Å². The molecule has 0 saturated carbocycles. The number of carbonyl (C=O) groups excluding carboxylic acids is 1. The average molecular weight is 468 g/mol. The highest BCUT2D eigenvalue weighted by Gasteiger charge is 2.47. The summed E-state index contributed by atoms with van der Waals surface area (Å²) in [5.41, 5.74) is -0.365. The van der Waals surface area contributed by atoms with Gasteiger partial charge in [0.1, 0.15) is 11.4 Å². The summed E-state index contributed by atoms with van der Waals surface area (Å²) in [6.45, 7) is 1.84. The predicted molar refractivity (Wildman–Crippen MR) is 109 cm³/mol. The van der Waals surface area contributed by atoms with Crippen molar-refractivity contribution in [1.82, 2.24) is 9.78 Å². The molecule has 0 aliphatic carbocycles. The summed E-state index contributed by atoms with van der Waals surface area (Å²) in [5.74, 6) is -1.22. The fraction of sp³-hybridized carbons (Fsp3) is 0.273. The van der Waals surface area contributed by atoms with Crippen molar-refractivity contribution >= 4 is 17.4 Å². The van der Waals surface area contributed by atoms with Crippen molar-refractivity contribution in [3.05, 3.63) is 77.0 Å². The Hall–Kier alpha value is -3.50. The molecule has 1 amide bonds. The summed E-state index contributed by atoms with van der Waals surface area (Å²) < 4.78 is 81.8. The summed E-state index contributed by atoms with van der Waals surface area (Å²) in [5, 5.41) is 8.80. The minimum Gasteiger partial charge on any atom is -0.363 e. The highest BCUT2D eigenvalue weighted by Crippen LogP contribution is 2.44. The van der Waals surface area contributed by atoms with Crippen LogP contribution in [0.1, 0.15) is 45.6 Å². The number of benzene rings is 2. The summed E-state index contributed by atoms with van der Waals surface area (Å²) in [7, 11) is 0. The molecule has 0 spiro atoms. The molecule has 0 fully saturated rings. The molecule has 0 radical (unpaired) electrons. The fourth-order valence-electron chi connectivity index (χ4n) is 3.78. The molecule has 174 valence electrons. The standard InChI is InChI=1S/C22H18F6N4O/c1-12-6-8-13(9-7-12)17-10-18(22(26,27)28)32-19(30-17)14(11-29-32)20(33)31-16-5-3-2-4-15(16)21(23,24)25/h2-9,11,17-18,30H,10H2,1H3,(H,31,33)/t17-,18-/m0/s1. The molecule has 1 aliphatic rings. The van der Waals surface area contributed by atoms with E-state index in [2.05, 4.69) is 15.7 Å². The number of hydrogen-bond acceptors (Lipinski definition) is 3. The molecule has 0 bridgehead atoms. The van der Waals surface area contributed by atoms with E-state index in [1.54, 1.807) is 24.3 Å². The summed E-state index contributed by atoms with van der Waals surface area (Å²) >= 11 is 0. The monoisotopic (exact) mass is 468 g/mol. The fourth-order valence-corrected chi connectivity index (χ4v) is 3.78. The number of anilines is 2. The third-order valence-corrected chi connectivity index (χ3v) is 5.44. The highest BCUT2D eigenvalue weighted by molar-refractivity contribution is 6.08. The zero-order valence-electron chi connectivity index (χ0n) is 17.1. The molecular formula is C22H18F6N4O. The summed E-state index contributed by atoms with van der Waals surface area (Å²) in [6.07, 6.45) is -8.82. The van der Waals surface area contributed by atoms with Crippen LogP contribution in [0.5, 0.6) is 0 Å². The average Bonchev–Trinajstić information content (AvgIpc) is 3.16. The molecule has 2 N–H and O–H groups in total. The second kappa shape index (κ2) is 8.13. The third-order valence-electron chi connectivity index (χ3n) is 5.44. The van der Waals surface area contributed by atoms with E-state index in [-0.39, 0.29) is 17.8 Å². The molecule has 0 unspecified atom stereocenters. The number of alkyl halides is 6. The van der Waals surface area contributed by atoms with E-state index in [4.69, 9.17) is 0 Å². The van der Waals surface area contributed by atoms with Crippen LogP contribution in [0.3, 0.4) is 0 Å². The van der Waals surface area contributed by atoms with Crippen LogP contribution in [0.4, 0.5) is 37.8 Å². The number of carbonyl (C=O) groups is 1. The smallest absolute Gasteiger partial charge is 0.363 e. The van der Waals surface area contributed by atoms with Crippen molar-refractivity contribution in [2.75, 3.05) is 10.6 Å². The molecule has 11 heteroatoms. The van der Waals surface area contributed by atoms with Gasteiger partial charge in [0.05, 0.1) is 23.5 Å². The second-order valence-electron chi connectivity index (χ2n) is 7.75. The Morgan fingerprint density at radius 2 is 1.73 bits per heavy atom. The summed E-state index contributed by atoms with van der Waals surface area (Å²) in [6, 6.07) is 8.44. The summed E-state index contributed by atoms with van der Waals surface area (Å²) in [4.78, 5) is 12.8. The predicted octanol–water partition coefficient (Wildman–Crippen LogP) is 6.12. The first-order chi connectivity index (χ1) is 15.4. The largest absolute Gasteiger partial charge is 0.418 e. The second-order valence-corrected chi connectivity index (χ2v) is 7.75. The Bertz CT molecular complexity index is 1170. The number of halogens is 6. The molecule has 2 heterocycles. The maximum Gasteiger partial charge on any atom is 0.418 e. The third kappa shape index (κ3) is 4.53. The molecule has 4 rings (SSSR count). The number of amides is 1. The number of nitrogens with zero attached hydrogens (tertiary/aromatic N) is 2. The van der Waals surface area contributed by atoms with Gasteiger partial charge in [-0.25, -0.2) is 4.68 Å². The lowest BCUT2D eigenvalue weighted by atomic mass is 9.96. The first-order valence-electron chi connectivity index (χ1n) is 9.90. The van der Waals surface area contributed by atoms with Crippen LogP contribution in [-0.4, -0.2) is 21.9 Å². The van der Waals surface area contributed by atoms with Crippen LogP contribution < -0.4 is 10.6 Å². The topological polar surface area (TPSA) is 59.0 Å². The van der Waals surface area contributed by atoms with Crippen LogP contribution in [0, 0.1) is 6.92 Å². The molecule has 2 atom stereocenters. The molecule has 33 heavy (non-hydrogen) atoms. The lowest BCUT2D eigenvalue weighted by Crippen LogP contribution is -2.36. The van der Waals surface area contributed by atoms with Gasteiger partial charge in [0, 0.05) is 6.42 Å². The van der Waals surface area contributed by atoms with Crippen LogP contribution in [-0.2, 0) is 6.18 Å². The highest BCUT2D eigenvalue weighted by atomic mass is 19.4. The van der Waals surface area contributed by atoms with Crippen molar-refractivity contribution in [2.45, 2.75) is 37.8 Å². The maximum absolute atomic E-state index is 13.8.